The van der Waals surface area contributed by atoms with Crippen molar-refractivity contribution in [2.45, 2.75) is 24.9 Å². The van der Waals surface area contributed by atoms with Gasteiger partial charge in [0, 0.05) is 51.7 Å². The highest BCUT2D eigenvalue weighted by molar-refractivity contribution is 5.77. The van der Waals surface area contributed by atoms with E-state index >= 15 is 0 Å². The van der Waals surface area contributed by atoms with E-state index < -0.39 is 0 Å². The van der Waals surface area contributed by atoms with Crippen LogP contribution >= 0.6 is 0 Å². The minimum Gasteiger partial charge on any atom is -0.348 e. The van der Waals surface area contributed by atoms with Crippen LogP contribution in [0.1, 0.15) is 12.8 Å². The number of likely N-dealkylation sites (N-methyl/N-ethyl adjacent to an activating group) is 1. The fourth-order valence-corrected chi connectivity index (χ4v) is 3.27. The van der Waals surface area contributed by atoms with Gasteiger partial charge in [-0.05, 0) is 18.9 Å². The van der Waals surface area contributed by atoms with Gasteiger partial charge in [0.05, 0.1) is 6.54 Å². The molecule has 2 aliphatic rings. The number of fused-ring (bicyclic) bond motifs is 1. The van der Waals surface area contributed by atoms with E-state index in [9.17, 15) is 4.79 Å². The Morgan fingerprint density at radius 3 is 2.65 bits per heavy atom. The summed E-state index contributed by atoms with van der Waals surface area (Å²) in [5.74, 6) is 1.00. The highest BCUT2D eigenvalue weighted by Crippen LogP contribution is 2.33. The largest absolute Gasteiger partial charge is 0.348 e. The summed E-state index contributed by atoms with van der Waals surface area (Å²) in [6, 6.07) is 2.75. The first-order chi connectivity index (χ1) is 9.66. The van der Waals surface area contributed by atoms with Crippen LogP contribution in [0.3, 0.4) is 0 Å². The molecule has 2 saturated heterocycles. The van der Waals surface area contributed by atoms with Gasteiger partial charge in [0.1, 0.15) is 0 Å². The van der Waals surface area contributed by atoms with Crippen molar-refractivity contribution in [3.8, 4) is 0 Å². The van der Waals surface area contributed by atoms with E-state index in [-0.39, 0.29) is 5.91 Å². The highest BCUT2D eigenvalue weighted by atomic mass is 16.2. The molecule has 0 aliphatic carbocycles. The van der Waals surface area contributed by atoms with Crippen LogP contribution in [-0.2, 0) is 4.79 Å². The van der Waals surface area contributed by atoms with Gasteiger partial charge in [-0.3, -0.25) is 9.69 Å². The second kappa shape index (κ2) is 5.36. The van der Waals surface area contributed by atoms with Crippen LogP contribution in [0.2, 0.25) is 0 Å². The lowest BCUT2D eigenvalue weighted by Crippen LogP contribution is -2.42. The predicted octanol–water partition coefficient (Wildman–Crippen LogP) is 0.218. The number of hydrogen-bond donors (Lipinski definition) is 0. The Bertz CT molecular complexity index is 478. The van der Waals surface area contributed by atoms with Gasteiger partial charge in [-0.1, -0.05) is 0 Å². The number of hydrogen-bond acceptors (Lipinski definition) is 5. The molecule has 0 saturated carbocycles. The summed E-state index contributed by atoms with van der Waals surface area (Å²) in [4.78, 5) is 26.9. The molecule has 2 atom stereocenters. The Balaban J connectivity index is 1.68. The second-order valence-corrected chi connectivity index (χ2v) is 5.71. The van der Waals surface area contributed by atoms with Crippen molar-refractivity contribution in [3.63, 3.8) is 0 Å². The second-order valence-electron chi connectivity index (χ2n) is 5.71. The summed E-state index contributed by atoms with van der Waals surface area (Å²) in [5, 5.41) is 0. The molecule has 6 heteroatoms. The number of rotatable bonds is 3. The van der Waals surface area contributed by atoms with Gasteiger partial charge >= 0.3 is 0 Å². The number of nitrogens with zero attached hydrogens (tertiary/aromatic N) is 5. The normalized spacial score (nSPS) is 25.8. The molecule has 20 heavy (non-hydrogen) atoms. The van der Waals surface area contributed by atoms with Crippen LogP contribution in [0, 0.1) is 0 Å². The Labute approximate surface area is 119 Å². The van der Waals surface area contributed by atoms with Crippen molar-refractivity contribution < 1.29 is 4.79 Å². The topological polar surface area (TPSA) is 52.6 Å². The van der Waals surface area contributed by atoms with Gasteiger partial charge in [-0.25, -0.2) is 9.97 Å². The summed E-state index contributed by atoms with van der Waals surface area (Å²) >= 11 is 0. The minimum atomic E-state index is 0.181. The number of amides is 1. The van der Waals surface area contributed by atoms with Crippen molar-refractivity contribution in [2.75, 3.05) is 38.6 Å². The molecule has 0 bridgehead atoms. The fraction of sp³-hybridized carbons (Fsp3) is 0.643. The fourth-order valence-electron chi connectivity index (χ4n) is 3.27. The first-order valence-electron chi connectivity index (χ1n) is 7.14. The molecular formula is C14H21N5O. The molecule has 0 spiro atoms. The van der Waals surface area contributed by atoms with Crippen molar-refractivity contribution in [1.29, 1.82) is 0 Å². The number of likely N-dealkylation sites (tertiary alicyclic amines) is 1. The summed E-state index contributed by atoms with van der Waals surface area (Å²) in [7, 11) is 3.63. The number of aromatic nitrogens is 2. The first kappa shape index (κ1) is 13.3. The quantitative estimate of drug-likeness (QED) is 0.790. The van der Waals surface area contributed by atoms with Gasteiger partial charge < -0.3 is 9.80 Å². The zero-order chi connectivity index (χ0) is 14.1. The maximum atomic E-state index is 11.9. The molecule has 108 valence electrons. The first-order valence-corrected chi connectivity index (χ1v) is 7.14. The monoisotopic (exact) mass is 275 g/mol. The Hall–Kier alpha value is -1.69. The minimum absolute atomic E-state index is 0.181. The third-order valence-corrected chi connectivity index (χ3v) is 4.34. The van der Waals surface area contributed by atoms with Gasteiger partial charge in [0.25, 0.3) is 0 Å². The maximum absolute atomic E-state index is 11.9. The molecule has 3 heterocycles. The SMILES string of the molecule is CN(C)C(=O)CN1CC[C@@H]2[C@@H]1CCN2c1ncccn1. The van der Waals surface area contributed by atoms with E-state index in [1.807, 2.05) is 20.2 Å². The lowest BCUT2D eigenvalue weighted by molar-refractivity contribution is -0.130. The van der Waals surface area contributed by atoms with Crippen molar-refractivity contribution in [2.24, 2.45) is 0 Å². The average Bonchev–Trinajstić information content (AvgIpc) is 3.02. The summed E-state index contributed by atoms with van der Waals surface area (Å²) in [6.45, 7) is 2.49. The van der Waals surface area contributed by atoms with Crippen molar-refractivity contribution in [3.05, 3.63) is 18.5 Å². The molecule has 1 aromatic heterocycles. The lowest BCUT2D eigenvalue weighted by Gasteiger charge is -2.25. The van der Waals surface area contributed by atoms with Gasteiger partial charge in [0.15, 0.2) is 0 Å². The predicted molar refractivity (Wildman–Crippen MR) is 76.5 cm³/mol. The van der Waals surface area contributed by atoms with Crippen LogP contribution in [0.25, 0.3) is 0 Å². The molecule has 3 rings (SSSR count). The lowest BCUT2D eigenvalue weighted by atomic mass is 10.1. The molecule has 1 aromatic rings. The maximum Gasteiger partial charge on any atom is 0.236 e. The Kier molecular flexibility index (Phi) is 3.56. The molecule has 0 unspecified atom stereocenters. The molecular weight excluding hydrogens is 254 g/mol. The molecule has 2 fully saturated rings. The smallest absolute Gasteiger partial charge is 0.236 e. The molecule has 6 nitrogen and oxygen atoms in total. The number of carbonyl (C=O) groups excluding carboxylic acids is 1. The van der Waals surface area contributed by atoms with Crippen LogP contribution in [0.5, 0.6) is 0 Å². The molecule has 0 radical (unpaired) electrons. The van der Waals surface area contributed by atoms with Crippen molar-refractivity contribution in [1.82, 2.24) is 19.8 Å². The summed E-state index contributed by atoms with van der Waals surface area (Å²) < 4.78 is 0. The highest BCUT2D eigenvalue weighted by Gasteiger charge is 2.43. The van der Waals surface area contributed by atoms with Crippen molar-refractivity contribution >= 4 is 11.9 Å². The van der Waals surface area contributed by atoms with E-state index in [0.717, 1.165) is 31.9 Å². The summed E-state index contributed by atoms with van der Waals surface area (Å²) in [6.07, 6.45) is 5.75. The van der Waals surface area contributed by atoms with Gasteiger partial charge in [-0.15, -0.1) is 0 Å². The third kappa shape index (κ3) is 2.35. The van der Waals surface area contributed by atoms with E-state index in [1.54, 1.807) is 17.3 Å². The zero-order valence-electron chi connectivity index (χ0n) is 12.1. The van der Waals surface area contributed by atoms with E-state index in [2.05, 4.69) is 19.8 Å². The van der Waals surface area contributed by atoms with Crippen LogP contribution in [0.4, 0.5) is 5.95 Å². The molecule has 1 amide bonds. The summed E-state index contributed by atoms with van der Waals surface area (Å²) in [5.41, 5.74) is 0. The van der Waals surface area contributed by atoms with Crippen LogP contribution in [0.15, 0.2) is 18.5 Å². The van der Waals surface area contributed by atoms with Crippen LogP contribution < -0.4 is 4.90 Å². The molecule has 0 N–H and O–H groups in total. The zero-order valence-corrected chi connectivity index (χ0v) is 12.1. The number of carbonyl (C=O) groups is 1. The van der Waals surface area contributed by atoms with Crippen LogP contribution in [-0.4, -0.2) is 71.5 Å². The molecule has 0 aromatic carbocycles. The Morgan fingerprint density at radius 2 is 1.95 bits per heavy atom. The number of anilines is 1. The van der Waals surface area contributed by atoms with E-state index in [4.69, 9.17) is 0 Å². The average molecular weight is 275 g/mol. The standard InChI is InChI=1S/C14H21N5O/c1-17(2)13(20)10-18-8-4-12-11(18)5-9-19(12)14-15-6-3-7-16-14/h3,6-7,11-12H,4-5,8-10H2,1-2H3/t11-,12+/m0/s1. The third-order valence-electron chi connectivity index (χ3n) is 4.34. The van der Waals surface area contributed by atoms with Gasteiger partial charge in [0.2, 0.25) is 11.9 Å². The Morgan fingerprint density at radius 1 is 1.25 bits per heavy atom. The van der Waals surface area contributed by atoms with E-state index in [0.29, 0.717) is 18.6 Å². The van der Waals surface area contributed by atoms with E-state index in [1.165, 1.54) is 0 Å². The van der Waals surface area contributed by atoms with Gasteiger partial charge in [-0.2, -0.15) is 0 Å². The molecule has 2 aliphatic heterocycles.